The molecule has 0 amide bonds. The molecule has 0 heterocycles. The first kappa shape index (κ1) is 12.4. The summed E-state index contributed by atoms with van der Waals surface area (Å²) in [7, 11) is 0. The summed E-state index contributed by atoms with van der Waals surface area (Å²) >= 11 is 0. The Kier molecular flexibility index (Phi) is 3.39. The lowest BCUT2D eigenvalue weighted by Gasteiger charge is -2.14. The van der Waals surface area contributed by atoms with Crippen LogP contribution in [0.15, 0.2) is 42.5 Å². The molecule has 0 unspecified atom stereocenters. The van der Waals surface area contributed by atoms with Crippen molar-refractivity contribution in [2.24, 2.45) is 0 Å². The van der Waals surface area contributed by atoms with Crippen molar-refractivity contribution < 1.29 is 0 Å². The second-order valence-corrected chi connectivity index (χ2v) is 5.56. The average Bonchev–Trinajstić information content (AvgIpc) is 3.24. The first-order chi connectivity index (χ1) is 9.25. The standard InChI is InChI=1S/C18H21N/c1-13-6-5-9-17(14(13)2)18-8-4-3-7-15(18)12-19-16-10-11-16/h3-9,16,19H,10-12H2,1-2H3. The van der Waals surface area contributed by atoms with Crippen LogP contribution < -0.4 is 5.32 Å². The molecule has 19 heavy (non-hydrogen) atoms. The number of rotatable bonds is 4. The number of nitrogens with one attached hydrogen (secondary N) is 1. The van der Waals surface area contributed by atoms with Crippen molar-refractivity contribution in [3.8, 4) is 11.1 Å². The quantitative estimate of drug-likeness (QED) is 0.857. The van der Waals surface area contributed by atoms with Crippen molar-refractivity contribution in [3.63, 3.8) is 0 Å². The first-order valence-corrected chi connectivity index (χ1v) is 7.13. The molecule has 1 N–H and O–H groups in total. The molecule has 0 saturated heterocycles. The van der Waals surface area contributed by atoms with Gasteiger partial charge in [0.1, 0.15) is 0 Å². The number of aryl methyl sites for hydroxylation is 1. The molecule has 98 valence electrons. The molecule has 1 fully saturated rings. The second-order valence-electron chi connectivity index (χ2n) is 5.56. The van der Waals surface area contributed by atoms with Crippen molar-refractivity contribution in [2.45, 2.75) is 39.3 Å². The summed E-state index contributed by atoms with van der Waals surface area (Å²) in [6.07, 6.45) is 2.68. The molecular weight excluding hydrogens is 230 g/mol. The van der Waals surface area contributed by atoms with Gasteiger partial charge in [0.2, 0.25) is 0 Å². The van der Waals surface area contributed by atoms with Gasteiger partial charge in [-0.1, -0.05) is 42.5 Å². The highest BCUT2D eigenvalue weighted by Crippen LogP contribution is 2.29. The number of benzene rings is 2. The minimum atomic E-state index is 0.756. The smallest absolute Gasteiger partial charge is 0.0214 e. The molecule has 0 spiro atoms. The summed E-state index contributed by atoms with van der Waals surface area (Å²) in [5.41, 5.74) is 6.90. The van der Waals surface area contributed by atoms with Gasteiger partial charge in [-0.2, -0.15) is 0 Å². The van der Waals surface area contributed by atoms with Gasteiger partial charge in [-0.15, -0.1) is 0 Å². The lowest BCUT2D eigenvalue weighted by Crippen LogP contribution is -2.15. The zero-order valence-electron chi connectivity index (χ0n) is 11.7. The van der Waals surface area contributed by atoms with Gasteiger partial charge in [-0.3, -0.25) is 0 Å². The van der Waals surface area contributed by atoms with Gasteiger partial charge in [0.25, 0.3) is 0 Å². The third kappa shape index (κ3) is 2.71. The molecule has 3 rings (SSSR count). The fraction of sp³-hybridized carbons (Fsp3) is 0.333. The van der Waals surface area contributed by atoms with E-state index in [1.165, 1.54) is 40.7 Å². The predicted molar refractivity (Wildman–Crippen MR) is 81.2 cm³/mol. The van der Waals surface area contributed by atoms with E-state index in [4.69, 9.17) is 0 Å². The van der Waals surface area contributed by atoms with E-state index < -0.39 is 0 Å². The van der Waals surface area contributed by atoms with Crippen LogP contribution >= 0.6 is 0 Å². The van der Waals surface area contributed by atoms with Gasteiger partial charge < -0.3 is 5.32 Å². The molecule has 0 aliphatic heterocycles. The fourth-order valence-corrected chi connectivity index (χ4v) is 2.52. The molecule has 2 aromatic carbocycles. The normalized spacial score (nSPS) is 14.6. The summed E-state index contributed by atoms with van der Waals surface area (Å²) in [6.45, 7) is 5.38. The Bertz CT molecular complexity index is 582. The van der Waals surface area contributed by atoms with Crippen LogP contribution in [-0.4, -0.2) is 6.04 Å². The third-order valence-electron chi connectivity index (χ3n) is 4.07. The van der Waals surface area contributed by atoms with Crippen molar-refractivity contribution in [2.75, 3.05) is 0 Å². The molecule has 0 aromatic heterocycles. The van der Waals surface area contributed by atoms with E-state index in [-0.39, 0.29) is 0 Å². The molecule has 1 aliphatic rings. The Morgan fingerprint density at radius 3 is 2.47 bits per heavy atom. The van der Waals surface area contributed by atoms with Gasteiger partial charge in [-0.25, -0.2) is 0 Å². The average molecular weight is 251 g/mol. The maximum Gasteiger partial charge on any atom is 0.0214 e. The molecule has 1 saturated carbocycles. The van der Waals surface area contributed by atoms with Gasteiger partial charge in [0, 0.05) is 12.6 Å². The molecule has 1 heteroatoms. The van der Waals surface area contributed by atoms with Crippen molar-refractivity contribution in [1.29, 1.82) is 0 Å². The van der Waals surface area contributed by atoms with Crippen LogP contribution in [0.4, 0.5) is 0 Å². The lowest BCUT2D eigenvalue weighted by atomic mass is 9.93. The minimum absolute atomic E-state index is 0.756. The Morgan fingerprint density at radius 2 is 1.68 bits per heavy atom. The fourth-order valence-electron chi connectivity index (χ4n) is 2.52. The highest BCUT2D eigenvalue weighted by atomic mass is 14.9. The Morgan fingerprint density at radius 1 is 0.947 bits per heavy atom. The van der Waals surface area contributed by atoms with Crippen LogP contribution in [-0.2, 0) is 6.54 Å². The van der Waals surface area contributed by atoms with Crippen molar-refractivity contribution in [1.82, 2.24) is 5.32 Å². The van der Waals surface area contributed by atoms with Crippen LogP contribution in [0.2, 0.25) is 0 Å². The zero-order chi connectivity index (χ0) is 13.2. The Hall–Kier alpha value is -1.60. The van der Waals surface area contributed by atoms with Crippen LogP contribution in [0, 0.1) is 13.8 Å². The Labute approximate surface area is 115 Å². The lowest BCUT2D eigenvalue weighted by molar-refractivity contribution is 0.689. The molecule has 0 atom stereocenters. The van der Waals surface area contributed by atoms with Crippen LogP contribution in [0.5, 0.6) is 0 Å². The van der Waals surface area contributed by atoms with Crippen molar-refractivity contribution in [3.05, 3.63) is 59.2 Å². The third-order valence-corrected chi connectivity index (χ3v) is 4.07. The molecular formula is C18H21N. The van der Waals surface area contributed by atoms with Gasteiger partial charge in [0.15, 0.2) is 0 Å². The monoisotopic (exact) mass is 251 g/mol. The van der Waals surface area contributed by atoms with E-state index in [0.717, 1.165) is 12.6 Å². The molecule has 1 nitrogen and oxygen atoms in total. The maximum absolute atomic E-state index is 3.62. The predicted octanol–water partition coefficient (Wildman–Crippen LogP) is 4.22. The maximum atomic E-state index is 3.62. The highest BCUT2D eigenvalue weighted by Gasteiger charge is 2.20. The van der Waals surface area contributed by atoms with Crippen molar-refractivity contribution >= 4 is 0 Å². The highest BCUT2D eigenvalue weighted by molar-refractivity contribution is 5.71. The summed E-state index contributed by atoms with van der Waals surface area (Å²) in [6, 6.07) is 16.1. The zero-order valence-corrected chi connectivity index (χ0v) is 11.7. The van der Waals surface area contributed by atoms with Crippen LogP contribution in [0.1, 0.15) is 29.5 Å². The molecule has 2 aromatic rings. The molecule has 0 bridgehead atoms. The van der Waals surface area contributed by atoms with E-state index in [1.807, 2.05) is 0 Å². The van der Waals surface area contributed by atoms with Crippen LogP contribution in [0.25, 0.3) is 11.1 Å². The molecule has 1 aliphatic carbocycles. The number of hydrogen-bond acceptors (Lipinski definition) is 1. The second kappa shape index (κ2) is 5.18. The van der Waals surface area contributed by atoms with Gasteiger partial charge >= 0.3 is 0 Å². The SMILES string of the molecule is Cc1cccc(-c2ccccc2CNC2CC2)c1C. The first-order valence-electron chi connectivity index (χ1n) is 7.13. The summed E-state index contributed by atoms with van der Waals surface area (Å²) in [5, 5.41) is 3.62. The van der Waals surface area contributed by atoms with E-state index in [2.05, 4.69) is 61.6 Å². The summed E-state index contributed by atoms with van der Waals surface area (Å²) in [4.78, 5) is 0. The topological polar surface area (TPSA) is 12.0 Å². The van der Waals surface area contributed by atoms with E-state index in [9.17, 15) is 0 Å². The van der Waals surface area contributed by atoms with E-state index in [1.54, 1.807) is 0 Å². The van der Waals surface area contributed by atoms with Crippen LogP contribution in [0.3, 0.4) is 0 Å². The summed E-state index contributed by atoms with van der Waals surface area (Å²) < 4.78 is 0. The van der Waals surface area contributed by atoms with Gasteiger partial charge in [-0.05, 0) is 54.5 Å². The minimum Gasteiger partial charge on any atom is -0.310 e. The summed E-state index contributed by atoms with van der Waals surface area (Å²) in [5.74, 6) is 0. The molecule has 0 radical (unpaired) electrons. The van der Waals surface area contributed by atoms with E-state index >= 15 is 0 Å². The van der Waals surface area contributed by atoms with Gasteiger partial charge in [0.05, 0.1) is 0 Å². The largest absolute Gasteiger partial charge is 0.310 e. The Balaban J connectivity index is 1.96. The number of hydrogen-bond donors (Lipinski definition) is 1. The van der Waals surface area contributed by atoms with E-state index in [0.29, 0.717) is 0 Å².